The Hall–Kier alpha value is -1.93. The molecule has 1 saturated heterocycles. The van der Waals surface area contributed by atoms with Crippen LogP contribution in [0.3, 0.4) is 0 Å². The molecule has 138 valence electrons. The number of piperidine rings is 1. The summed E-state index contributed by atoms with van der Waals surface area (Å²) in [6, 6.07) is 4.93. The molecular formula is C17H24N2O5S. The molecule has 1 amide bonds. The highest BCUT2D eigenvalue weighted by molar-refractivity contribution is 7.88. The average molecular weight is 368 g/mol. The molecule has 0 unspecified atom stereocenters. The quantitative estimate of drug-likeness (QED) is 0.800. The number of hydrogen-bond acceptors (Lipinski definition) is 5. The van der Waals surface area contributed by atoms with Gasteiger partial charge in [0, 0.05) is 18.8 Å². The van der Waals surface area contributed by atoms with Gasteiger partial charge in [-0.1, -0.05) is 0 Å². The third kappa shape index (κ3) is 5.02. The summed E-state index contributed by atoms with van der Waals surface area (Å²) in [5.41, 5.74) is 1.78. The summed E-state index contributed by atoms with van der Waals surface area (Å²) in [5, 5.41) is 2.84. The van der Waals surface area contributed by atoms with Gasteiger partial charge >= 0.3 is 5.97 Å². The van der Waals surface area contributed by atoms with Crippen LogP contribution in [0.15, 0.2) is 18.2 Å². The SMILES string of the molecule is CCOC(=O)c1ccc(NC(=O)[C@H]2CCCN(S(C)(=O)=O)C2)c(C)c1. The van der Waals surface area contributed by atoms with Crippen LogP contribution < -0.4 is 5.32 Å². The molecule has 0 aromatic heterocycles. The second-order valence-corrected chi connectivity index (χ2v) is 8.18. The van der Waals surface area contributed by atoms with Crippen molar-refractivity contribution in [3.63, 3.8) is 0 Å². The van der Waals surface area contributed by atoms with Gasteiger partial charge in [-0.2, -0.15) is 0 Å². The van der Waals surface area contributed by atoms with Gasteiger partial charge in [0.05, 0.1) is 24.3 Å². The van der Waals surface area contributed by atoms with Crippen LogP contribution in [-0.4, -0.2) is 50.6 Å². The summed E-state index contributed by atoms with van der Waals surface area (Å²) in [6.07, 6.45) is 2.47. The largest absolute Gasteiger partial charge is 0.462 e. The topological polar surface area (TPSA) is 92.8 Å². The first-order chi connectivity index (χ1) is 11.7. The minimum Gasteiger partial charge on any atom is -0.462 e. The highest BCUT2D eigenvalue weighted by atomic mass is 32.2. The lowest BCUT2D eigenvalue weighted by atomic mass is 9.98. The molecule has 1 aliphatic rings. The lowest BCUT2D eigenvalue weighted by Crippen LogP contribution is -2.43. The Labute approximate surface area is 148 Å². The zero-order valence-corrected chi connectivity index (χ0v) is 15.6. The fraction of sp³-hybridized carbons (Fsp3) is 0.529. The van der Waals surface area contributed by atoms with Gasteiger partial charge in [0.1, 0.15) is 0 Å². The van der Waals surface area contributed by atoms with Gasteiger partial charge in [-0.25, -0.2) is 17.5 Å². The maximum atomic E-state index is 12.5. The van der Waals surface area contributed by atoms with Crippen LogP contribution in [0.2, 0.25) is 0 Å². The van der Waals surface area contributed by atoms with Crippen LogP contribution in [0.1, 0.15) is 35.7 Å². The minimum atomic E-state index is -3.29. The van der Waals surface area contributed by atoms with Crippen molar-refractivity contribution in [2.45, 2.75) is 26.7 Å². The second kappa shape index (κ2) is 7.97. The fourth-order valence-electron chi connectivity index (χ4n) is 2.84. The maximum Gasteiger partial charge on any atom is 0.338 e. The molecule has 1 aromatic rings. The van der Waals surface area contributed by atoms with Gasteiger partial charge in [0.25, 0.3) is 0 Å². The predicted octanol–water partition coefficient (Wildman–Crippen LogP) is 1.78. The molecule has 1 N–H and O–H groups in total. The smallest absolute Gasteiger partial charge is 0.338 e. The number of carbonyl (C=O) groups excluding carboxylic acids is 2. The zero-order chi connectivity index (χ0) is 18.6. The van der Waals surface area contributed by atoms with E-state index in [1.807, 2.05) is 0 Å². The summed E-state index contributed by atoms with van der Waals surface area (Å²) < 4.78 is 29.6. The van der Waals surface area contributed by atoms with Gasteiger partial charge < -0.3 is 10.1 Å². The molecule has 1 fully saturated rings. The van der Waals surface area contributed by atoms with Crippen molar-refractivity contribution < 1.29 is 22.7 Å². The number of esters is 1. The van der Waals surface area contributed by atoms with Crippen LogP contribution in [-0.2, 0) is 19.6 Å². The number of sulfonamides is 1. The minimum absolute atomic E-state index is 0.199. The van der Waals surface area contributed by atoms with Gasteiger partial charge in [-0.05, 0) is 50.5 Å². The summed E-state index contributed by atoms with van der Waals surface area (Å²) in [7, 11) is -3.29. The number of anilines is 1. The fourth-order valence-corrected chi connectivity index (χ4v) is 3.75. The molecule has 2 rings (SSSR count). The Kier molecular flexibility index (Phi) is 6.18. The molecule has 0 saturated carbocycles. The Morgan fingerprint density at radius 3 is 2.68 bits per heavy atom. The normalized spacial score (nSPS) is 18.6. The van der Waals surface area contributed by atoms with Crippen LogP contribution in [0, 0.1) is 12.8 Å². The molecule has 1 aliphatic heterocycles. The molecule has 0 spiro atoms. The first-order valence-electron chi connectivity index (χ1n) is 8.26. The summed E-state index contributed by atoms with van der Waals surface area (Å²) in [4.78, 5) is 24.2. The van der Waals surface area contributed by atoms with E-state index in [1.54, 1.807) is 32.0 Å². The number of amides is 1. The molecule has 1 heterocycles. The van der Waals surface area contributed by atoms with Crippen molar-refractivity contribution in [3.8, 4) is 0 Å². The molecular weight excluding hydrogens is 344 g/mol. The molecule has 1 aromatic carbocycles. The van der Waals surface area contributed by atoms with Crippen molar-refractivity contribution in [2.24, 2.45) is 5.92 Å². The monoisotopic (exact) mass is 368 g/mol. The highest BCUT2D eigenvalue weighted by Crippen LogP contribution is 2.22. The number of benzene rings is 1. The third-order valence-corrected chi connectivity index (χ3v) is 5.49. The Balaban J connectivity index is 2.06. The van der Waals surface area contributed by atoms with E-state index >= 15 is 0 Å². The zero-order valence-electron chi connectivity index (χ0n) is 14.7. The highest BCUT2D eigenvalue weighted by Gasteiger charge is 2.30. The average Bonchev–Trinajstić information content (AvgIpc) is 2.56. The standard InChI is InChI=1S/C17H24N2O5S/c1-4-24-17(21)13-7-8-15(12(2)10-13)18-16(20)14-6-5-9-19(11-14)25(3,22)23/h7-8,10,14H,4-6,9,11H2,1-3H3,(H,18,20)/t14-/m0/s1. The van der Waals surface area contributed by atoms with Crippen LogP contribution >= 0.6 is 0 Å². The molecule has 0 radical (unpaired) electrons. The Bertz CT molecular complexity index is 760. The molecule has 25 heavy (non-hydrogen) atoms. The second-order valence-electron chi connectivity index (χ2n) is 6.20. The van der Waals surface area contributed by atoms with Crippen molar-refractivity contribution in [1.29, 1.82) is 0 Å². The number of aryl methyl sites for hydroxylation is 1. The number of hydrogen-bond donors (Lipinski definition) is 1. The lowest BCUT2D eigenvalue weighted by Gasteiger charge is -2.30. The lowest BCUT2D eigenvalue weighted by molar-refractivity contribution is -0.120. The van der Waals surface area contributed by atoms with Crippen molar-refractivity contribution in [2.75, 3.05) is 31.3 Å². The number of nitrogens with zero attached hydrogens (tertiary/aromatic N) is 1. The van der Waals surface area contributed by atoms with Crippen LogP contribution in [0.25, 0.3) is 0 Å². The molecule has 0 bridgehead atoms. The van der Waals surface area contributed by atoms with E-state index in [0.717, 1.165) is 11.8 Å². The molecule has 8 heteroatoms. The van der Waals surface area contributed by atoms with Crippen LogP contribution in [0.4, 0.5) is 5.69 Å². The number of rotatable bonds is 5. The predicted molar refractivity (Wildman–Crippen MR) is 94.9 cm³/mol. The Morgan fingerprint density at radius 2 is 2.08 bits per heavy atom. The van der Waals surface area contributed by atoms with Crippen LogP contribution in [0.5, 0.6) is 0 Å². The summed E-state index contributed by atoms with van der Waals surface area (Å²) in [6.45, 7) is 4.49. The first-order valence-corrected chi connectivity index (χ1v) is 10.1. The van der Waals surface area contributed by atoms with Crippen molar-refractivity contribution in [1.82, 2.24) is 4.31 Å². The number of nitrogens with one attached hydrogen (secondary N) is 1. The van der Waals surface area contributed by atoms with E-state index in [-0.39, 0.29) is 18.4 Å². The summed E-state index contributed by atoms with van der Waals surface area (Å²) >= 11 is 0. The van der Waals surface area contributed by atoms with E-state index < -0.39 is 16.0 Å². The van der Waals surface area contributed by atoms with Gasteiger partial charge in [0.15, 0.2) is 0 Å². The van der Waals surface area contributed by atoms with Crippen molar-refractivity contribution >= 4 is 27.6 Å². The first kappa shape index (κ1) is 19.4. The van der Waals surface area contributed by atoms with E-state index in [1.165, 1.54) is 4.31 Å². The third-order valence-electron chi connectivity index (χ3n) is 4.22. The van der Waals surface area contributed by atoms with Gasteiger partial charge in [-0.3, -0.25) is 4.79 Å². The van der Waals surface area contributed by atoms with Crippen molar-refractivity contribution in [3.05, 3.63) is 29.3 Å². The number of carbonyl (C=O) groups is 2. The van der Waals surface area contributed by atoms with Gasteiger partial charge in [0.2, 0.25) is 15.9 Å². The maximum absolute atomic E-state index is 12.5. The van der Waals surface area contributed by atoms with E-state index in [2.05, 4.69) is 5.32 Å². The molecule has 7 nitrogen and oxygen atoms in total. The Morgan fingerprint density at radius 1 is 1.36 bits per heavy atom. The number of ether oxygens (including phenoxy) is 1. The summed E-state index contributed by atoms with van der Waals surface area (Å²) in [5.74, 6) is -0.993. The molecule has 1 atom stereocenters. The molecule has 0 aliphatic carbocycles. The van der Waals surface area contributed by atoms with E-state index in [0.29, 0.717) is 37.2 Å². The van der Waals surface area contributed by atoms with E-state index in [4.69, 9.17) is 4.74 Å². The van der Waals surface area contributed by atoms with E-state index in [9.17, 15) is 18.0 Å². The van der Waals surface area contributed by atoms with Gasteiger partial charge in [-0.15, -0.1) is 0 Å².